The highest BCUT2D eigenvalue weighted by atomic mass is 35.5. The van der Waals surface area contributed by atoms with Crippen molar-refractivity contribution in [2.24, 2.45) is 0 Å². The lowest BCUT2D eigenvalue weighted by Gasteiger charge is -2.52. The number of carbonyl (C=O) groups is 3. The van der Waals surface area contributed by atoms with Gasteiger partial charge in [-0.3, -0.25) is 14.4 Å². The molecule has 3 fully saturated rings. The molecule has 0 spiro atoms. The van der Waals surface area contributed by atoms with Crippen LogP contribution in [0.1, 0.15) is 25.7 Å². The number of carbonyl (C=O) groups excluding carboxylic acids is 3. The third-order valence-corrected chi connectivity index (χ3v) is 6.57. The Kier molecular flexibility index (Phi) is 6.08. The lowest BCUT2D eigenvalue weighted by Crippen LogP contribution is -2.77. The number of hydrogen-bond donors (Lipinski definition) is 3. The molecule has 1 aromatic carbocycles. The van der Waals surface area contributed by atoms with Crippen molar-refractivity contribution in [3.8, 4) is 5.75 Å². The number of amides is 3. The van der Waals surface area contributed by atoms with Crippen LogP contribution in [-0.2, 0) is 14.4 Å². The van der Waals surface area contributed by atoms with Gasteiger partial charge in [0, 0.05) is 12.3 Å². The average molecular weight is 518 g/mol. The van der Waals surface area contributed by atoms with Gasteiger partial charge in [0.15, 0.2) is 13.2 Å². The maximum absolute atomic E-state index is 13.5. The van der Waals surface area contributed by atoms with Crippen molar-refractivity contribution in [2.75, 3.05) is 13.2 Å². The van der Waals surface area contributed by atoms with E-state index in [1.54, 1.807) is 18.3 Å². The number of aromatic nitrogens is 4. The van der Waals surface area contributed by atoms with Crippen LogP contribution in [0.4, 0.5) is 4.39 Å². The SMILES string of the molecule is O=C(COn1nnc2cccnc21)NC12CCC(NC(=O)COc3ccc(Cl)c(F)c3)(CC1)C(=O)N2. The second-order valence-corrected chi connectivity index (χ2v) is 9.07. The van der Waals surface area contributed by atoms with E-state index < -0.39 is 41.3 Å². The summed E-state index contributed by atoms with van der Waals surface area (Å²) in [6, 6.07) is 7.25. The predicted octanol–water partition coefficient (Wildman–Crippen LogP) is 0.498. The maximum atomic E-state index is 13.5. The Labute approximate surface area is 208 Å². The second kappa shape index (κ2) is 9.22. The molecule has 2 aliphatic heterocycles. The maximum Gasteiger partial charge on any atom is 0.262 e. The van der Waals surface area contributed by atoms with E-state index in [0.29, 0.717) is 36.8 Å². The summed E-state index contributed by atoms with van der Waals surface area (Å²) in [6.07, 6.45) is 3.00. The molecule has 0 unspecified atom stereocenters. The summed E-state index contributed by atoms with van der Waals surface area (Å²) in [7, 11) is 0. The van der Waals surface area contributed by atoms with E-state index in [1.165, 1.54) is 12.1 Å². The van der Waals surface area contributed by atoms with E-state index in [0.717, 1.165) is 10.9 Å². The number of nitrogens with one attached hydrogen (secondary N) is 3. The zero-order valence-electron chi connectivity index (χ0n) is 18.8. The molecule has 3 N–H and O–H groups in total. The van der Waals surface area contributed by atoms with Crippen molar-refractivity contribution in [1.82, 2.24) is 36.1 Å². The molecule has 14 heteroatoms. The van der Waals surface area contributed by atoms with Gasteiger partial charge in [-0.15, -0.1) is 5.10 Å². The van der Waals surface area contributed by atoms with Crippen molar-refractivity contribution in [1.29, 1.82) is 0 Å². The fourth-order valence-corrected chi connectivity index (χ4v) is 4.52. The number of pyridine rings is 1. The van der Waals surface area contributed by atoms with Crippen LogP contribution in [0.3, 0.4) is 0 Å². The number of rotatable bonds is 8. The molecule has 3 aromatic rings. The lowest BCUT2D eigenvalue weighted by molar-refractivity contribution is -0.147. The Hall–Kier alpha value is -4.00. The minimum absolute atomic E-state index is 0.0576. The zero-order valence-corrected chi connectivity index (χ0v) is 19.5. The minimum atomic E-state index is -1.11. The van der Waals surface area contributed by atoms with Gasteiger partial charge in [-0.2, -0.15) is 0 Å². The Balaban J connectivity index is 1.13. The number of hydrogen-bond acceptors (Lipinski definition) is 8. The van der Waals surface area contributed by atoms with Crippen LogP contribution in [0.2, 0.25) is 5.02 Å². The summed E-state index contributed by atoms with van der Waals surface area (Å²) in [6.45, 7) is -0.766. The number of piperidine rings is 2. The summed E-state index contributed by atoms with van der Waals surface area (Å²) in [5.74, 6) is -1.92. The zero-order chi connectivity index (χ0) is 25.3. The predicted molar refractivity (Wildman–Crippen MR) is 122 cm³/mol. The summed E-state index contributed by atoms with van der Waals surface area (Å²) < 4.78 is 18.9. The Bertz CT molecular complexity index is 1340. The van der Waals surface area contributed by atoms with Crippen LogP contribution in [-0.4, -0.2) is 62.3 Å². The van der Waals surface area contributed by atoms with Gasteiger partial charge in [0.05, 0.1) is 5.02 Å². The van der Waals surface area contributed by atoms with Gasteiger partial charge in [0.2, 0.25) is 11.6 Å². The van der Waals surface area contributed by atoms with E-state index >= 15 is 0 Å². The summed E-state index contributed by atoms with van der Waals surface area (Å²) in [5.41, 5.74) is -1.16. The van der Waals surface area contributed by atoms with E-state index in [2.05, 4.69) is 31.2 Å². The van der Waals surface area contributed by atoms with Crippen LogP contribution >= 0.6 is 11.6 Å². The highest BCUT2D eigenvalue weighted by Crippen LogP contribution is 2.39. The molecule has 188 valence electrons. The number of ether oxygens (including phenoxy) is 1. The minimum Gasteiger partial charge on any atom is -0.484 e. The number of nitrogens with zero attached hydrogens (tertiary/aromatic N) is 4. The van der Waals surface area contributed by atoms with E-state index in [1.807, 2.05) is 0 Å². The molecule has 6 rings (SSSR count). The van der Waals surface area contributed by atoms with Crippen LogP contribution in [0, 0.1) is 5.82 Å². The molecule has 2 saturated heterocycles. The fourth-order valence-electron chi connectivity index (χ4n) is 4.40. The van der Waals surface area contributed by atoms with Crippen molar-refractivity contribution in [3.05, 3.63) is 47.4 Å². The molecular weight excluding hydrogens is 497 g/mol. The van der Waals surface area contributed by atoms with Gasteiger partial charge in [0.25, 0.3) is 11.8 Å². The number of benzene rings is 1. The molecule has 0 radical (unpaired) electrons. The van der Waals surface area contributed by atoms with Gasteiger partial charge >= 0.3 is 0 Å². The number of halogens is 2. The Morgan fingerprint density at radius 3 is 2.67 bits per heavy atom. The molecule has 36 heavy (non-hydrogen) atoms. The van der Waals surface area contributed by atoms with Crippen LogP contribution in [0.15, 0.2) is 36.5 Å². The standard InChI is InChI=1S/C22H21ClFN7O5/c23-14-4-3-13(10-15(14)24)35-11-17(32)26-21-5-7-22(8-6-21,28-20(21)34)27-18(33)12-36-31-19-16(29-30-31)2-1-9-25-19/h1-4,9-10H,5-8,11-12H2,(H,26,32)(H,27,33)(H,28,34). The molecule has 12 nitrogen and oxygen atoms in total. The van der Waals surface area contributed by atoms with Crippen LogP contribution < -0.4 is 25.5 Å². The van der Waals surface area contributed by atoms with Crippen molar-refractivity contribution >= 4 is 40.5 Å². The molecule has 1 aliphatic carbocycles. The second-order valence-electron chi connectivity index (χ2n) is 8.66. The van der Waals surface area contributed by atoms with Gasteiger partial charge in [-0.05, 0) is 55.2 Å². The van der Waals surface area contributed by atoms with Gasteiger partial charge in [-0.25, -0.2) is 9.37 Å². The first-order valence-corrected chi connectivity index (χ1v) is 11.5. The van der Waals surface area contributed by atoms with E-state index in [4.69, 9.17) is 21.2 Å². The molecule has 1 saturated carbocycles. The van der Waals surface area contributed by atoms with Gasteiger partial charge in [-0.1, -0.05) is 16.4 Å². The third kappa shape index (κ3) is 4.61. The first-order valence-electron chi connectivity index (χ1n) is 11.1. The molecule has 3 amide bonds. The molecule has 3 aliphatic rings. The van der Waals surface area contributed by atoms with Crippen molar-refractivity contribution < 1.29 is 28.3 Å². The monoisotopic (exact) mass is 517 g/mol. The van der Waals surface area contributed by atoms with Crippen LogP contribution in [0.5, 0.6) is 5.75 Å². The third-order valence-electron chi connectivity index (χ3n) is 6.26. The molecule has 2 bridgehead atoms. The summed E-state index contributed by atoms with van der Waals surface area (Å²) in [5, 5.41) is 16.0. The quantitative estimate of drug-likeness (QED) is 0.391. The Morgan fingerprint density at radius 1 is 1.14 bits per heavy atom. The van der Waals surface area contributed by atoms with Gasteiger partial charge < -0.3 is 25.5 Å². The Morgan fingerprint density at radius 2 is 1.92 bits per heavy atom. The largest absolute Gasteiger partial charge is 0.484 e. The van der Waals surface area contributed by atoms with Gasteiger partial charge in [0.1, 0.15) is 28.3 Å². The van der Waals surface area contributed by atoms with E-state index in [-0.39, 0.29) is 17.4 Å². The highest BCUT2D eigenvalue weighted by Gasteiger charge is 2.55. The smallest absolute Gasteiger partial charge is 0.262 e. The van der Waals surface area contributed by atoms with Crippen molar-refractivity contribution in [3.63, 3.8) is 0 Å². The molecule has 4 heterocycles. The first-order chi connectivity index (χ1) is 17.3. The first kappa shape index (κ1) is 23.7. The number of fused-ring (bicyclic) bond motifs is 4. The normalized spacial score (nSPS) is 22.7. The molecule has 2 aromatic heterocycles. The summed E-state index contributed by atoms with van der Waals surface area (Å²) >= 11 is 5.64. The topological polar surface area (TPSA) is 149 Å². The lowest BCUT2D eigenvalue weighted by atomic mass is 9.71. The molecular formula is C22H21ClFN7O5. The molecule has 0 atom stereocenters. The summed E-state index contributed by atoms with van der Waals surface area (Å²) in [4.78, 5) is 48.5. The van der Waals surface area contributed by atoms with E-state index in [9.17, 15) is 18.8 Å². The fraction of sp³-hybridized carbons (Fsp3) is 0.364. The van der Waals surface area contributed by atoms with Crippen molar-refractivity contribution in [2.45, 2.75) is 36.9 Å². The average Bonchev–Trinajstić information content (AvgIpc) is 3.28. The highest BCUT2D eigenvalue weighted by molar-refractivity contribution is 6.30. The van der Waals surface area contributed by atoms with Crippen LogP contribution in [0.25, 0.3) is 11.2 Å².